The van der Waals surface area contributed by atoms with E-state index in [0.717, 1.165) is 18.4 Å². The average molecular weight is 231 g/mol. The molecule has 17 heavy (non-hydrogen) atoms. The summed E-state index contributed by atoms with van der Waals surface area (Å²) in [6.45, 7) is 0. The number of carbonyl (C=O) groups excluding carboxylic acids is 1. The van der Waals surface area contributed by atoms with E-state index < -0.39 is 0 Å². The molecule has 0 spiro atoms. The summed E-state index contributed by atoms with van der Waals surface area (Å²) in [5.74, 6) is 0.584. The van der Waals surface area contributed by atoms with Gasteiger partial charge >= 0.3 is 0 Å². The van der Waals surface area contributed by atoms with Crippen molar-refractivity contribution in [2.24, 2.45) is 10.9 Å². The predicted octanol–water partition coefficient (Wildman–Crippen LogP) is 3.35. The van der Waals surface area contributed by atoms with Crippen molar-refractivity contribution in [3.05, 3.63) is 29.8 Å². The Labute approximate surface area is 101 Å². The van der Waals surface area contributed by atoms with Gasteiger partial charge in [0.1, 0.15) is 5.75 Å². The number of hydrogen-bond acceptors (Lipinski definition) is 3. The van der Waals surface area contributed by atoms with Crippen LogP contribution in [0.15, 0.2) is 29.3 Å². The smallest absolute Gasteiger partial charge is 0.235 e. The first-order valence-electron chi connectivity index (χ1n) is 6.18. The summed E-state index contributed by atoms with van der Waals surface area (Å²) >= 11 is 0. The maximum Gasteiger partial charge on any atom is 0.235 e. The molecule has 0 radical (unpaired) electrons. The molecule has 1 aromatic carbocycles. The average Bonchev–Trinajstić information content (AvgIpc) is 2.38. The van der Waals surface area contributed by atoms with Crippen LogP contribution in [0.5, 0.6) is 5.75 Å². The molecule has 1 aliphatic rings. The lowest BCUT2D eigenvalue weighted by molar-refractivity contribution is 0.304. The van der Waals surface area contributed by atoms with Crippen LogP contribution in [0.1, 0.15) is 43.7 Å². The normalized spacial score (nSPS) is 18.4. The number of phenolic OH excluding ortho intramolecular Hbond substituents is 1. The van der Waals surface area contributed by atoms with Crippen molar-refractivity contribution in [3.8, 4) is 5.75 Å². The molecule has 0 saturated heterocycles. The zero-order valence-electron chi connectivity index (χ0n) is 9.80. The first-order chi connectivity index (χ1) is 8.33. The molecular formula is C14H17NO2. The second-order valence-corrected chi connectivity index (χ2v) is 4.62. The molecule has 0 amide bonds. The van der Waals surface area contributed by atoms with E-state index in [1.54, 1.807) is 18.2 Å². The number of para-hydroxylation sites is 1. The monoisotopic (exact) mass is 231 g/mol. The lowest BCUT2D eigenvalue weighted by Crippen LogP contribution is -2.15. The number of phenols is 1. The third-order valence-corrected chi connectivity index (χ3v) is 3.54. The Morgan fingerprint density at radius 3 is 2.59 bits per heavy atom. The Kier molecular flexibility index (Phi) is 3.94. The molecule has 1 fully saturated rings. The zero-order valence-corrected chi connectivity index (χ0v) is 9.80. The van der Waals surface area contributed by atoms with Crippen LogP contribution in [-0.2, 0) is 4.79 Å². The molecule has 0 aromatic heterocycles. The van der Waals surface area contributed by atoms with Crippen molar-refractivity contribution in [2.45, 2.75) is 38.1 Å². The summed E-state index contributed by atoms with van der Waals surface area (Å²) in [6, 6.07) is 6.90. The molecule has 1 N–H and O–H groups in total. The second kappa shape index (κ2) is 5.65. The van der Waals surface area contributed by atoms with Crippen molar-refractivity contribution in [1.29, 1.82) is 0 Å². The standard InChI is InChI=1S/C14H17NO2/c16-10-15-14(11-6-2-1-3-7-11)12-8-4-5-9-13(12)17/h4-5,8-9,11,14,17H,1-3,6-7H2. The van der Waals surface area contributed by atoms with Gasteiger partial charge in [-0.3, -0.25) is 0 Å². The summed E-state index contributed by atoms with van der Waals surface area (Å²) in [5, 5.41) is 9.85. The number of rotatable bonds is 3. The molecule has 3 nitrogen and oxygen atoms in total. The number of hydrogen-bond donors (Lipinski definition) is 1. The lowest BCUT2D eigenvalue weighted by Gasteiger charge is -2.27. The molecular weight excluding hydrogens is 214 g/mol. The van der Waals surface area contributed by atoms with Gasteiger partial charge < -0.3 is 5.11 Å². The van der Waals surface area contributed by atoms with Crippen molar-refractivity contribution < 1.29 is 9.90 Å². The number of aliphatic imine (C=N–C) groups is 1. The van der Waals surface area contributed by atoms with Gasteiger partial charge in [0.25, 0.3) is 0 Å². The van der Waals surface area contributed by atoms with Crippen LogP contribution >= 0.6 is 0 Å². The first-order valence-corrected chi connectivity index (χ1v) is 6.18. The van der Waals surface area contributed by atoms with Crippen LogP contribution in [0, 0.1) is 5.92 Å². The lowest BCUT2D eigenvalue weighted by atomic mass is 9.81. The minimum atomic E-state index is -0.228. The van der Waals surface area contributed by atoms with E-state index in [1.165, 1.54) is 19.3 Å². The van der Waals surface area contributed by atoms with E-state index in [0.29, 0.717) is 5.92 Å². The fourth-order valence-electron chi connectivity index (χ4n) is 2.67. The molecule has 3 heteroatoms. The van der Waals surface area contributed by atoms with E-state index in [1.807, 2.05) is 12.1 Å². The van der Waals surface area contributed by atoms with Crippen LogP contribution in [0.2, 0.25) is 0 Å². The quantitative estimate of drug-likeness (QED) is 0.640. The number of isocyanates is 1. The third kappa shape index (κ3) is 2.75. The van der Waals surface area contributed by atoms with Gasteiger partial charge in [0.05, 0.1) is 6.04 Å². The molecule has 1 unspecified atom stereocenters. The molecule has 1 aliphatic carbocycles. The highest BCUT2D eigenvalue weighted by molar-refractivity contribution is 5.40. The van der Waals surface area contributed by atoms with E-state index in [-0.39, 0.29) is 11.8 Å². The van der Waals surface area contributed by atoms with Gasteiger partial charge in [-0.05, 0) is 24.8 Å². The Morgan fingerprint density at radius 2 is 1.94 bits per heavy atom. The number of aromatic hydroxyl groups is 1. The Balaban J connectivity index is 2.28. The van der Waals surface area contributed by atoms with Gasteiger partial charge in [-0.25, -0.2) is 4.79 Å². The number of benzene rings is 1. The Morgan fingerprint density at radius 1 is 1.24 bits per heavy atom. The van der Waals surface area contributed by atoms with Crippen molar-refractivity contribution in [1.82, 2.24) is 0 Å². The van der Waals surface area contributed by atoms with Gasteiger partial charge in [-0.1, -0.05) is 37.5 Å². The van der Waals surface area contributed by atoms with E-state index >= 15 is 0 Å². The Hall–Kier alpha value is -1.60. The summed E-state index contributed by atoms with van der Waals surface area (Å²) in [4.78, 5) is 14.5. The molecule has 2 rings (SSSR count). The molecule has 1 saturated carbocycles. The molecule has 0 aliphatic heterocycles. The highest BCUT2D eigenvalue weighted by atomic mass is 16.3. The van der Waals surface area contributed by atoms with Crippen molar-refractivity contribution in [2.75, 3.05) is 0 Å². The zero-order chi connectivity index (χ0) is 12.1. The van der Waals surface area contributed by atoms with Gasteiger partial charge in [0.2, 0.25) is 6.08 Å². The maximum absolute atomic E-state index is 10.6. The second-order valence-electron chi connectivity index (χ2n) is 4.62. The minimum Gasteiger partial charge on any atom is -0.508 e. The molecule has 0 heterocycles. The largest absolute Gasteiger partial charge is 0.508 e. The van der Waals surface area contributed by atoms with E-state index in [2.05, 4.69) is 4.99 Å². The Bertz CT molecular complexity index is 418. The van der Waals surface area contributed by atoms with Crippen LogP contribution in [0.3, 0.4) is 0 Å². The molecule has 1 aromatic rings. The van der Waals surface area contributed by atoms with Crippen LogP contribution in [-0.4, -0.2) is 11.2 Å². The van der Waals surface area contributed by atoms with E-state index in [4.69, 9.17) is 0 Å². The van der Waals surface area contributed by atoms with Crippen molar-refractivity contribution >= 4 is 6.08 Å². The summed E-state index contributed by atoms with van der Waals surface area (Å²) in [7, 11) is 0. The van der Waals surface area contributed by atoms with Gasteiger partial charge in [0.15, 0.2) is 0 Å². The topological polar surface area (TPSA) is 49.7 Å². The van der Waals surface area contributed by atoms with Crippen LogP contribution in [0.4, 0.5) is 0 Å². The van der Waals surface area contributed by atoms with Crippen molar-refractivity contribution in [3.63, 3.8) is 0 Å². The van der Waals surface area contributed by atoms with Crippen LogP contribution in [0.25, 0.3) is 0 Å². The SMILES string of the molecule is O=C=NC(c1ccccc1O)C1CCCCC1. The molecule has 90 valence electrons. The van der Waals surface area contributed by atoms with Gasteiger partial charge in [0, 0.05) is 5.56 Å². The van der Waals surface area contributed by atoms with E-state index in [9.17, 15) is 9.90 Å². The predicted molar refractivity (Wildman–Crippen MR) is 65.5 cm³/mol. The van der Waals surface area contributed by atoms with Gasteiger partial charge in [-0.2, -0.15) is 4.99 Å². The fraction of sp³-hybridized carbons (Fsp3) is 0.500. The summed E-state index contributed by atoms with van der Waals surface area (Å²) in [6.07, 6.45) is 7.43. The fourth-order valence-corrected chi connectivity index (χ4v) is 2.67. The molecule has 1 atom stereocenters. The van der Waals surface area contributed by atoms with Crippen LogP contribution < -0.4 is 0 Å². The first kappa shape index (κ1) is 11.9. The summed E-state index contributed by atoms with van der Waals surface area (Å²) in [5.41, 5.74) is 0.753. The number of nitrogens with zero attached hydrogens (tertiary/aromatic N) is 1. The highest BCUT2D eigenvalue weighted by Gasteiger charge is 2.26. The highest BCUT2D eigenvalue weighted by Crippen LogP contribution is 2.39. The molecule has 0 bridgehead atoms. The maximum atomic E-state index is 10.6. The third-order valence-electron chi connectivity index (χ3n) is 3.54. The van der Waals surface area contributed by atoms with Gasteiger partial charge in [-0.15, -0.1) is 0 Å². The minimum absolute atomic E-state index is 0.224. The summed E-state index contributed by atoms with van der Waals surface area (Å²) < 4.78 is 0.